The zero-order valence-electron chi connectivity index (χ0n) is 18.1. The number of ether oxygens (including phenoxy) is 1. The second kappa shape index (κ2) is 10.1. The Morgan fingerprint density at radius 1 is 1.09 bits per heavy atom. The number of nitrogens with one attached hydrogen (secondary N) is 1. The molecule has 4 rings (SSSR count). The Hall–Kier alpha value is -3.68. The molecule has 0 saturated carbocycles. The van der Waals surface area contributed by atoms with Crippen molar-refractivity contribution in [2.24, 2.45) is 0 Å². The van der Waals surface area contributed by atoms with E-state index in [-0.39, 0.29) is 17.9 Å². The van der Waals surface area contributed by atoms with E-state index in [9.17, 15) is 9.59 Å². The SMILES string of the molecule is COc1ccc(CC(=O)NCc2ccc(C(=O)N3CCCC(n4cncn4)C3)cc2)cc1. The van der Waals surface area contributed by atoms with Gasteiger partial charge in [-0.15, -0.1) is 0 Å². The molecule has 0 bridgehead atoms. The number of hydrogen-bond donors (Lipinski definition) is 1. The molecule has 1 aliphatic heterocycles. The molecule has 0 aliphatic carbocycles. The second-order valence-corrected chi connectivity index (χ2v) is 7.92. The van der Waals surface area contributed by atoms with E-state index in [0.29, 0.717) is 25.1 Å². The van der Waals surface area contributed by atoms with Crippen LogP contribution in [0.25, 0.3) is 0 Å². The Bertz CT molecular complexity index is 1030. The van der Waals surface area contributed by atoms with Crippen molar-refractivity contribution in [3.8, 4) is 5.75 Å². The van der Waals surface area contributed by atoms with Gasteiger partial charge in [-0.3, -0.25) is 9.59 Å². The van der Waals surface area contributed by atoms with Crippen LogP contribution in [0.15, 0.2) is 61.2 Å². The minimum atomic E-state index is -0.0530. The average molecular weight is 434 g/mol. The summed E-state index contributed by atoms with van der Waals surface area (Å²) in [6.45, 7) is 1.79. The van der Waals surface area contributed by atoms with Gasteiger partial charge in [0, 0.05) is 25.2 Å². The molecule has 32 heavy (non-hydrogen) atoms. The lowest BCUT2D eigenvalue weighted by Crippen LogP contribution is -2.40. The minimum absolute atomic E-state index is 0.0184. The van der Waals surface area contributed by atoms with Gasteiger partial charge in [0.05, 0.1) is 19.6 Å². The molecule has 1 saturated heterocycles. The van der Waals surface area contributed by atoms with Crippen LogP contribution in [0.4, 0.5) is 0 Å². The maximum atomic E-state index is 12.9. The van der Waals surface area contributed by atoms with Crippen molar-refractivity contribution in [1.29, 1.82) is 0 Å². The molecule has 1 aliphatic rings. The summed E-state index contributed by atoms with van der Waals surface area (Å²) in [6, 6.07) is 15.0. The summed E-state index contributed by atoms with van der Waals surface area (Å²) in [6.07, 6.45) is 5.46. The van der Waals surface area contributed by atoms with Crippen LogP contribution >= 0.6 is 0 Å². The zero-order valence-corrected chi connectivity index (χ0v) is 18.1. The van der Waals surface area contributed by atoms with E-state index in [1.165, 1.54) is 6.33 Å². The van der Waals surface area contributed by atoms with Crippen molar-refractivity contribution in [1.82, 2.24) is 25.0 Å². The Kier molecular flexibility index (Phi) is 6.79. The quantitative estimate of drug-likeness (QED) is 0.619. The van der Waals surface area contributed by atoms with Crippen molar-refractivity contribution >= 4 is 11.8 Å². The zero-order chi connectivity index (χ0) is 22.3. The lowest BCUT2D eigenvalue weighted by atomic mass is 10.0. The standard InChI is InChI=1S/C24H27N5O3/c1-32-22-10-6-18(7-11-22)13-23(30)26-14-19-4-8-20(9-5-19)24(31)28-12-2-3-21(15-28)29-17-25-16-27-29/h4-11,16-17,21H,2-3,12-15H2,1H3,(H,26,30). The molecule has 8 nitrogen and oxygen atoms in total. The summed E-state index contributed by atoms with van der Waals surface area (Å²) in [5, 5.41) is 7.14. The highest BCUT2D eigenvalue weighted by atomic mass is 16.5. The molecular formula is C24H27N5O3. The number of hydrogen-bond acceptors (Lipinski definition) is 5. The topological polar surface area (TPSA) is 89.4 Å². The van der Waals surface area contributed by atoms with Crippen molar-refractivity contribution in [2.75, 3.05) is 20.2 Å². The fourth-order valence-electron chi connectivity index (χ4n) is 3.90. The van der Waals surface area contributed by atoms with Gasteiger partial charge < -0.3 is 15.0 Å². The molecule has 3 aromatic rings. The van der Waals surface area contributed by atoms with Crippen molar-refractivity contribution in [2.45, 2.75) is 31.8 Å². The molecule has 8 heteroatoms. The first-order valence-electron chi connectivity index (χ1n) is 10.7. The first-order chi connectivity index (χ1) is 15.6. The fourth-order valence-corrected chi connectivity index (χ4v) is 3.90. The van der Waals surface area contributed by atoms with Crippen molar-refractivity contribution in [3.63, 3.8) is 0 Å². The van der Waals surface area contributed by atoms with Crippen molar-refractivity contribution < 1.29 is 14.3 Å². The van der Waals surface area contributed by atoms with Crippen LogP contribution in [0.3, 0.4) is 0 Å². The highest BCUT2D eigenvalue weighted by Gasteiger charge is 2.25. The third-order valence-corrected chi connectivity index (χ3v) is 5.71. The van der Waals surface area contributed by atoms with Crippen LogP contribution < -0.4 is 10.1 Å². The first kappa shape index (κ1) is 21.5. The molecule has 2 aromatic carbocycles. The third-order valence-electron chi connectivity index (χ3n) is 5.71. The number of amides is 2. The van der Waals surface area contributed by atoms with Crippen LogP contribution in [0.5, 0.6) is 5.75 Å². The maximum Gasteiger partial charge on any atom is 0.253 e. The molecular weight excluding hydrogens is 406 g/mol. The van der Waals surface area contributed by atoms with Crippen LogP contribution in [0.1, 0.15) is 40.4 Å². The normalized spacial score (nSPS) is 15.9. The number of aromatic nitrogens is 3. The van der Waals surface area contributed by atoms with Crippen LogP contribution in [0, 0.1) is 0 Å². The van der Waals surface area contributed by atoms with Gasteiger partial charge in [-0.25, -0.2) is 9.67 Å². The summed E-state index contributed by atoms with van der Waals surface area (Å²) < 4.78 is 6.96. The number of rotatable bonds is 7. The average Bonchev–Trinajstić information content (AvgIpc) is 3.38. The van der Waals surface area contributed by atoms with Gasteiger partial charge >= 0.3 is 0 Å². The number of likely N-dealkylation sites (tertiary alicyclic amines) is 1. The summed E-state index contributed by atoms with van der Waals surface area (Å²) in [5.74, 6) is 0.731. The minimum Gasteiger partial charge on any atom is -0.497 e. The van der Waals surface area contributed by atoms with Gasteiger partial charge in [-0.1, -0.05) is 24.3 Å². The van der Waals surface area contributed by atoms with Gasteiger partial charge in [0.15, 0.2) is 0 Å². The summed E-state index contributed by atoms with van der Waals surface area (Å²) in [4.78, 5) is 31.1. The summed E-state index contributed by atoms with van der Waals surface area (Å²) >= 11 is 0. The third kappa shape index (κ3) is 5.32. The lowest BCUT2D eigenvalue weighted by molar-refractivity contribution is -0.120. The van der Waals surface area contributed by atoms with E-state index in [1.807, 2.05) is 58.1 Å². The molecule has 0 spiro atoms. The van der Waals surface area contributed by atoms with Crippen LogP contribution in [0.2, 0.25) is 0 Å². The number of carbonyl (C=O) groups is 2. The Morgan fingerprint density at radius 3 is 2.53 bits per heavy atom. The Morgan fingerprint density at radius 2 is 1.84 bits per heavy atom. The second-order valence-electron chi connectivity index (χ2n) is 7.92. The smallest absolute Gasteiger partial charge is 0.253 e. The van der Waals surface area contributed by atoms with E-state index >= 15 is 0 Å². The van der Waals surface area contributed by atoms with Crippen LogP contribution in [-0.2, 0) is 17.8 Å². The van der Waals surface area contributed by atoms with E-state index in [2.05, 4.69) is 15.4 Å². The predicted octanol–water partition coefficient (Wildman–Crippen LogP) is 2.62. The molecule has 1 N–H and O–H groups in total. The van der Waals surface area contributed by atoms with Gasteiger partial charge in [-0.2, -0.15) is 5.10 Å². The van der Waals surface area contributed by atoms with E-state index in [1.54, 1.807) is 13.4 Å². The molecule has 2 heterocycles. The monoisotopic (exact) mass is 433 g/mol. The molecule has 1 unspecified atom stereocenters. The van der Waals surface area contributed by atoms with Gasteiger partial charge in [0.2, 0.25) is 5.91 Å². The lowest BCUT2D eigenvalue weighted by Gasteiger charge is -2.32. The highest BCUT2D eigenvalue weighted by Crippen LogP contribution is 2.22. The Balaban J connectivity index is 1.28. The first-order valence-corrected chi connectivity index (χ1v) is 10.7. The number of piperidine rings is 1. The van der Waals surface area contributed by atoms with Crippen molar-refractivity contribution in [3.05, 3.63) is 77.9 Å². The largest absolute Gasteiger partial charge is 0.497 e. The van der Waals surface area contributed by atoms with Gasteiger partial charge in [0.25, 0.3) is 5.91 Å². The number of benzene rings is 2. The molecule has 1 aromatic heterocycles. The predicted molar refractivity (Wildman–Crippen MR) is 119 cm³/mol. The maximum absolute atomic E-state index is 12.9. The summed E-state index contributed by atoms with van der Waals surface area (Å²) in [7, 11) is 1.61. The molecule has 1 fully saturated rings. The van der Waals surface area contributed by atoms with Gasteiger partial charge in [0.1, 0.15) is 18.4 Å². The summed E-state index contributed by atoms with van der Waals surface area (Å²) in [5.41, 5.74) is 2.52. The number of nitrogens with zero attached hydrogens (tertiary/aromatic N) is 4. The van der Waals surface area contributed by atoms with E-state index in [4.69, 9.17) is 4.74 Å². The number of carbonyl (C=O) groups excluding carboxylic acids is 2. The Labute approximate surface area is 187 Å². The molecule has 166 valence electrons. The fraction of sp³-hybridized carbons (Fsp3) is 0.333. The number of methoxy groups -OCH3 is 1. The van der Waals surface area contributed by atoms with E-state index < -0.39 is 0 Å². The van der Waals surface area contributed by atoms with Gasteiger partial charge in [-0.05, 0) is 48.2 Å². The van der Waals surface area contributed by atoms with Crippen LogP contribution in [-0.4, -0.2) is 51.7 Å². The molecule has 1 atom stereocenters. The highest BCUT2D eigenvalue weighted by molar-refractivity contribution is 5.94. The molecule has 2 amide bonds. The molecule has 0 radical (unpaired) electrons. The van der Waals surface area contributed by atoms with E-state index in [0.717, 1.165) is 36.3 Å².